The lowest BCUT2D eigenvalue weighted by atomic mass is 9.93. The Morgan fingerprint density at radius 1 is 1.47 bits per heavy atom. The molecule has 0 spiro atoms. The standard InChI is InChI=1S/C11H11BrO3/c12-9-3-1-7(2-4-9)11(10(14)15)5-8(11)6-13/h1-4,8,13H,5-6H2,(H,14,15). The van der Waals surface area contributed by atoms with Gasteiger partial charge in [0, 0.05) is 17.0 Å². The molecule has 2 unspecified atom stereocenters. The predicted octanol–water partition coefficient (Wildman–Crippen LogP) is 1.78. The summed E-state index contributed by atoms with van der Waals surface area (Å²) >= 11 is 3.31. The molecule has 1 aromatic carbocycles. The van der Waals surface area contributed by atoms with Gasteiger partial charge in [0.1, 0.15) is 0 Å². The van der Waals surface area contributed by atoms with E-state index in [1.807, 2.05) is 12.1 Å². The van der Waals surface area contributed by atoms with Crippen LogP contribution in [0.4, 0.5) is 0 Å². The molecule has 1 aliphatic rings. The number of aliphatic carboxylic acids is 1. The van der Waals surface area contributed by atoms with Crippen molar-refractivity contribution in [3.63, 3.8) is 0 Å². The van der Waals surface area contributed by atoms with Crippen molar-refractivity contribution in [2.75, 3.05) is 6.61 Å². The molecule has 3 nitrogen and oxygen atoms in total. The zero-order chi connectivity index (χ0) is 11.1. The summed E-state index contributed by atoms with van der Waals surface area (Å²) in [5.41, 5.74) is -0.0765. The van der Waals surface area contributed by atoms with Gasteiger partial charge in [0.2, 0.25) is 0 Å². The molecule has 1 saturated carbocycles. The van der Waals surface area contributed by atoms with Gasteiger partial charge in [-0.05, 0) is 24.1 Å². The summed E-state index contributed by atoms with van der Waals surface area (Å²) in [6.07, 6.45) is 0.528. The molecule has 4 heteroatoms. The third-order valence-corrected chi connectivity index (χ3v) is 3.60. The summed E-state index contributed by atoms with van der Waals surface area (Å²) in [6, 6.07) is 7.25. The maximum absolute atomic E-state index is 11.2. The molecule has 15 heavy (non-hydrogen) atoms. The molecule has 0 heterocycles. The second-order valence-corrected chi connectivity index (χ2v) is 4.78. The molecule has 0 aromatic heterocycles. The lowest BCUT2D eigenvalue weighted by Crippen LogP contribution is -2.23. The maximum atomic E-state index is 11.2. The molecule has 0 saturated heterocycles. The van der Waals surface area contributed by atoms with Crippen LogP contribution < -0.4 is 0 Å². The molecule has 1 fully saturated rings. The van der Waals surface area contributed by atoms with Crippen LogP contribution in [0.15, 0.2) is 28.7 Å². The van der Waals surface area contributed by atoms with Gasteiger partial charge >= 0.3 is 5.97 Å². The Morgan fingerprint density at radius 3 is 2.47 bits per heavy atom. The van der Waals surface area contributed by atoms with Crippen molar-refractivity contribution in [3.05, 3.63) is 34.3 Å². The molecule has 2 N–H and O–H groups in total. The van der Waals surface area contributed by atoms with E-state index in [4.69, 9.17) is 5.11 Å². The van der Waals surface area contributed by atoms with Crippen molar-refractivity contribution in [1.29, 1.82) is 0 Å². The van der Waals surface area contributed by atoms with Crippen molar-refractivity contribution in [1.82, 2.24) is 0 Å². The third kappa shape index (κ3) is 1.58. The largest absolute Gasteiger partial charge is 0.481 e. The van der Waals surface area contributed by atoms with Gasteiger partial charge in [-0.2, -0.15) is 0 Å². The fraction of sp³-hybridized carbons (Fsp3) is 0.364. The van der Waals surface area contributed by atoms with Crippen molar-refractivity contribution < 1.29 is 15.0 Å². The average Bonchev–Trinajstić information content (AvgIpc) is 2.94. The minimum absolute atomic E-state index is 0.0671. The number of aliphatic hydroxyl groups excluding tert-OH is 1. The van der Waals surface area contributed by atoms with Gasteiger partial charge in [0.15, 0.2) is 0 Å². The minimum atomic E-state index is -0.852. The van der Waals surface area contributed by atoms with Crippen LogP contribution in [0.2, 0.25) is 0 Å². The first-order valence-electron chi connectivity index (χ1n) is 4.71. The van der Waals surface area contributed by atoms with E-state index in [0.29, 0.717) is 6.42 Å². The summed E-state index contributed by atoms with van der Waals surface area (Å²) in [6.45, 7) is -0.0671. The Labute approximate surface area is 95.9 Å². The number of benzene rings is 1. The molecule has 0 aliphatic heterocycles. The number of halogens is 1. The lowest BCUT2D eigenvalue weighted by molar-refractivity contribution is -0.140. The SMILES string of the molecule is O=C(O)C1(c2ccc(Br)cc2)CC1CO. The predicted molar refractivity (Wildman–Crippen MR) is 58.6 cm³/mol. The van der Waals surface area contributed by atoms with Gasteiger partial charge in [-0.3, -0.25) is 4.79 Å². The Balaban J connectivity index is 2.36. The molecular formula is C11H11BrO3. The third-order valence-electron chi connectivity index (χ3n) is 3.07. The summed E-state index contributed by atoms with van der Waals surface area (Å²) in [4.78, 5) is 11.2. The van der Waals surface area contributed by atoms with Crippen LogP contribution in [0.1, 0.15) is 12.0 Å². The highest BCUT2D eigenvalue weighted by Crippen LogP contribution is 2.54. The van der Waals surface area contributed by atoms with Crippen LogP contribution in [0.3, 0.4) is 0 Å². The van der Waals surface area contributed by atoms with Crippen LogP contribution in [0.25, 0.3) is 0 Å². The molecule has 0 bridgehead atoms. The van der Waals surface area contributed by atoms with Crippen LogP contribution in [0.5, 0.6) is 0 Å². The second kappa shape index (κ2) is 3.61. The van der Waals surface area contributed by atoms with Crippen LogP contribution >= 0.6 is 15.9 Å². The van der Waals surface area contributed by atoms with Gasteiger partial charge < -0.3 is 10.2 Å². The number of carboxylic acid groups (broad SMARTS) is 1. The van der Waals surface area contributed by atoms with Crippen molar-refractivity contribution in [3.8, 4) is 0 Å². The van der Waals surface area contributed by atoms with Gasteiger partial charge in [0.25, 0.3) is 0 Å². The van der Waals surface area contributed by atoms with Gasteiger partial charge in [-0.1, -0.05) is 28.1 Å². The topological polar surface area (TPSA) is 57.5 Å². The molecule has 2 rings (SSSR count). The minimum Gasteiger partial charge on any atom is -0.481 e. The van der Waals surface area contributed by atoms with E-state index in [9.17, 15) is 9.90 Å². The zero-order valence-electron chi connectivity index (χ0n) is 7.98. The molecular weight excluding hydrogens is 260 g/mol. The molecule has 2 atom stereocenters. The summed E-state index contributed by atoms with van der Waals surface area (Å²) in [5, 5.41) is 18.2. The van der Waals surface area contributed by atoms with E-state index < -0.39 is 11.4 Å². The van der Waals surface area contributed by atoms with Crippen LogP contribution in [-0.4, -0.2) is 22.8 Å². The van der Waals surface area contributed by atoms with E-state index in [2.05, 4.69) is 15.9 Å². The quantitative estimate of drug-likeness (QED) is 0.881. The van der Waals surface area contributed by atoms with E-state index in [1.165, 1.54) is 0 Å². The highest BCUT2D eigenvalue weighted by atomic mass is 79.9. The molecule has 0 amide bonds. The molecule has 80 valence electrons. The summed E-state index contributed by atoms with van der Waals surface area (Å²) in [7, 11) is 0. The highest BCUT2D eigenvalue weighted by molar-refractivity contribution is 9.10. The number of carbonyl (C=O) groups is 1. The molecule has 0 radical (unpaired) electrons. The Hall–Kier alpha value is -0.870. The summed E-state index contributed by atoms with van der Waals surface area (Å²) < 4.78 is 0.924. The number of carboxylic acids is 1. The fourth-order valence-corrected chi connectivity index (χ4v) is 2.30. The molecule has 1 aliphatic carbocycles. The Morgan fingerprint density at radius 2 is 2.07 bits per heavy atom. The zero-order valence-corrected chi connectivity index (χ0v) is 9.57. The Bertz CT molecular complexity index is 387. The van der Waals surface area contributed by atoms with E-state index in [-0.39, 0.29) is 12.5 Å². The number of hydrogen-bond acceptors (Lipinski definition) is 2. The normalized spacial score (nSPS) is 28.8. The van der Waals surface area contributed by atoms with Crippen LogP contribution in [-0.2, 0) is 10.2 Å². The maximum Gasteiger partial charge on any atom is 0.314 e. The van der Waals surface area contributed by atoms with Gasteiger partial charge in [0.05, 0.1) is 5.41 Å². The lowest BCUT2D eigenvalue weighted by Gasteiger charge is -2.12. The second-order valence-electron chi connectivity index (χ2n) is 3.87. The van der Waals surface area contributed by atoms with Crippen LogP contribution in [0, 0.1) is 5.92 Å². The smallest absolute Gasteiger partial charge is 0.314 e. The number of rotatable bonds is 3. The van der Waals surface area contributed by atoms with Crippen molar-refractivity contribution >= 4 is 21.9 Å². The van der Waals surface area contributed by atoms with Crippen molar-refractivity contribution in [2.24, 2.45) is 5.92 Å². The highest BCUT2D eigenvalue weighted by Gasteiger charge is 2.61. The van der Waals surface area contributed by atoms with E-state index in [1.54, 1.807) is 12.1 Å². The van der Waals surface area contributed by atoms with Gasteiger partial charge in [-0.25, -0.2) is 0 Å². The average molecular weight is 271 g/mol. The first-order valence-corrected chi connectivity index (χ1v) is 5.51. The van der Waals surface area contributed by atoms with E-state index in [0.717, 1.165) is 10.0 Å². The first kappa shape index (κ1) is 10.6. The monoisotopic (exact) mass is 270 g/mol. The van der Waals surface area contributed by atoms with Gasteiger partial charge in [-0.15, -0.1) is 0 Å². The fourth-order valence-electron chi connectivity index (χ4n) is 2.04. The van der Waals surface area contributed by atoms with E-state index >= 15 is 0 Å². The first-order chi connectivity index (χ1) is 7.11. The number of hydrogen-bond donors (Lipinski definition) is 2. The Kier molecular flexibility index (Phi) is 2.56. The summed E-state index contributed by atoms with van der Waals surface area (Å²) in [5.74, 6) is -0.986. The number of aliphatic hydroxyl groups is 1. The van der Waals surface area contributed by atoms with Crippen molar-refractivity contribution in [2.45, 2.75) is 11.8 Å². The molecule has 1 aromatic rings.